The van der Waals surface area contributed by atoms with Crippen LogP contribution in [0.15, 0.2) is 6.20 Å². The van der Waals surface area contributed by atoms with Crippen molar-refractivity contribution < 1.29 is 9.90 Å². The fraction of sp³-hybridized carbons (Fsp3) is 0.667. The first-order valence-electron chi connectivity index (χ1n) is 5.87. The van der Waals surface area contributed by atoms with E-state index in [1.165, 1.54) is 6.20 Å². The lowest BCUT2D eigenvalue weighted by Crippen LogP contribution is -2.47. The van der Waals surface area contributed by atoms with Crippen LogP contribution in [0.3, 0.4) is 0 Å². The van der Waals surface area contributed by atoms with E-state index in [0.29, 0.717) is 12.1 Å². The van der Waals surface area contributed by atoms with E-state index in [-0.39, 0.29) is 12.5 Å². The molecule has 0 aliphatic heterocycles. The van der Waals surface area contributed by atoms with Crippen LogP contribution in [0.5, 0.6) is 0 Å². The van der Waals surface area contributed by atoms with Gasteiger partial charge in [-0.1, -0.05) is 0 Å². The number of carbonyl (C=O) groups is 1. The minimum Gasteiger partial charge on any atom is -0.387 e. The molecule has 1 heterocycles. The minimum atomic E-state index is -0.949. The first-order chi connectivity index (χ1) is 8.23. The molecule has 0 saturated carbocycles. The van der Waals surface area contributed by atoms with Crippen molar-refractivity contribution in [1.82, 2.24) is 20.0 Å². The molecule has 6 heteroatoms. The van der Waals surface area contributed by atoms with Crippen LogP contribution in [0.25, 0.3) is 0 Å². The maximum absolute atomic E-state index is 11.9. The largest absolute Gasteiger partial charge is 0.387 e. The van der Waals surface area contributed by atoms with Crippen molar-refractivity contribution in [2.45, 2.75) is 19.4 Å². The van der Waals surface area contributed by atoms with Crippen LogP contribution in [0.4, 0.5) is 0 Å². The quantitative estimate of drug-likeness (QED) is 0.761. The lowest BCUT2D eigenvalue weighted by Gasteiger charge is -2.27. The Morgan fingerprint density at radius 3 is 2.67 bits per heavy atom. The van der Waals surface area contributed by atoms with Gasteiger partial charge in [-0.2, -0.15) is 5.10 Å². The zero-order valence-electron chi connectivity index (χ0n) is 11.7. The van der Waals surface area contributed by atoms with E-state index < -0.39 is 5.60 Å². The Morgan fingerprint density at radius 1 is 1.61 bits per heavy atom. The molecule has 18 heavy (non-hydrogen) atoms. The molecule has 102 valence electrons. The van der Waals surface area contributed by atoms with Gasteiger partial charge in [0.15, 0.2) is 0 Å². The number of hydrogen-bond acceptors (Lipinski definition) is 4. The Morgan fingerprint density at radius 2 is 2.22 bits per heavy atom. The molecule has 0 fully saturated rings. The molecule has 0 aliphatic rings. The Labute approximate surface area is 108 Å². The maximum Gasteiger partial charge on any atom is 0.254 e. The highest BCUT2D eigenvalue weighted by molar-refractivity contribution is 5.95. The molecule has 1 aromatic heterocycles. The highest BCUT2D eigenvalue weighted by Crippen LogP contribution is 2.07. The summed E-state index contributed by atoms with van der Waals surface area (Å²) in [6.07, 6.45) is 1.53. The zero-order chi connectivity index (χ0) is 13.9. The highest BCUT2D eigenvalue weighted by Gasteiger charge is 2.23. The monoisotopic (exact) mass is 254 g/mol. The molecule has 1 aromatic rings. The molecule has 0 radical (unpaired) electrons. The second-order valence-corrected chi connectivity index (χ2v) is 5.18. The summed E-state index contributed by atoms with van der Waals surface area (Å²) in [5.74, 6) is -0.209. The van der Waals surface area contributed by atoms with Gasteiger partial charge in [0.2, 0.25) is 0 Å². The van der Waals surface area contributed by atoms with Gasteiger partial charge in [0.25, 0.3) is 5.91 Å². The molecule has 0 spiro atoms. The molecule has 1 rings (SSSR count). The van der Waals surface area contributed by atoms with Gasteiger partial charge in [0, 0.05) is 25.8 Å². The van der Waals surface area contributed by atoms with Crippen molar-refractivity contribution in [3.8, 4) is 0 Å². The predicted octanol–water partition coefficient (Wildman–Crippen LogP) is -0.229. The second-order valence-electron chi connectivity index (χ2n) is 5.18. The molecule has 0 bridgehead atoms. The summed E-state index contributed by atoms with van der Waals surface area (Å²) in [5, 5.41) is 16.8. The number of aliphatic hydroxyl groups is 1. The highest BCUT2D eigenvalue weighted by atomic mass is 16.3. The van der Waals surface area contributed by atoms with Crippen LogP contribution >= 0.6 is 0 Å². The molecule has 6 nitrogen and oxygen atoms in total. The maximum atomic E-state index is 11.9. The predicted molar refractivity (Wildman–Crippen MR) is 69.5 cm³/mol. The number of carbonyl (C=O) groups excluding carboxylic acids is 1. The number of aryl methyl sites for hydroxylation is 1. The van der Waals surface area contributed by atoms with Gasteiger partial charge in [-0.15, -0.1) is 0 Å². The third-order valence-corrected chi connectivity index (χ3v) is 2.77. The average Bonchev–Trinajstić information content (AvgIpc) is 2.55. The number of nitrogens with one attached hydrogen (secondary N) is 1. The van der Waals surface area contributed by atoms with Gasteiger partial charge >= 0.3 is 0 Å². The molecule has 1 atom stereocenters. The Hall–Kier alpha value is -1.40. The molecule has 2 N–H and O–H groups in total. The third kappa shape index (κ3) is 3.82. The summed E-state index contributed by atoms with van der Waals surface area (Å²) in [7, 11) is 5.54. The molecular formula is C12H22N4O2. The summed E-state index contributed by atoms with van der Waals surface area (Å²) >= 11 is 0. The summed E-state index contributed by atoms with van der Waals surface area (Å²) in [6.45, 7) is 4.22. The summed E-state index contributed by atoms with van der Waals surface area (Å²) < 4.78 is 1.65. The SMILES string of the molecule is Cc1c(C(=O)NCC(C)(O)CN(C)C)cnn1C. The van der Waals surface area contributed by atoms with Crippen LogP contribution in [0.2, 0.25) is 0 Å². The van der Waals surface area contributed by atoms with Crippen molar-refractivity contribution in [3.63, 3.8) is 0 Å². The lowest BCUT2D eigenvalue weighted by molar-refractivity contribution is 0.0326. The molecule has 0 aliphatic carbocycles. The number of amides is 1. The van der Waals surface area contributed by atoms with Gasteiger partial charge in [-0.3, -0.25) is 9.48 Å². The average molecular weight is 254 g/mol. The van der Waals surface area contributed by atoms with Crippen molar-refractivity contribution in [3.05, 3.63) is 17.5 Å². The van der Waals surface area contributed by atoms with Crippen LogP contribution in [-0.4, -0.2) is 58.5 Å². The lowest BCUT2D eigenvalue weighted by atomic mass is 10.1. The van der Waals surface area contributed by atoms with Crippen molar-refractivity contribution in [2.24, 2.45) is 7.05 Å². The van der Waals surface area contributed by atoms with Crippen molar-refractivity contribution >= 4 is 5.91 Å². The van der Waals surface area contributed by atoms with Gasteiger partial charge in [-0.05, 0) is 27.9 Å². The third-order valence-electron chi connectivity index (χ3n) is 2.77. The molecule has 1 unspecified atom stereocenters. The fourth-order valence-electron chi connectivity index (χ4n) is 1.82. The zero-order valence-corrected chi connectivity index (χ0v) is 11.7. The molecule has 0 aromatic carbocycles. The number of nitrogens with zero attached hydrogens (tertiary/aromatic N) is 3. The van der Waals surface area contributed by atoms with Crippen LogP contribution < -0.4 is 5.32 Å². The van der Waals surface area contributed by atoms with Crippen molar-refractivity contribution in [1.29, 1.82) is 0 Å². The Bertz CT molecular complexity index is 424. The topological polar surface area (TPSA) is 70.4 Å². The van der Waals surface area contributed by atoms with Crippen LogP contribution in [-0.2, 0) is 7.05 Å². The van der Waals surface area contributed by atoms with E-state index >= 15 is 0 Å². The van der Waals surface area contributed by atoms with E-state index in [4.69, 9.17) is 0 Å². The molecule has 1 amide bonds. The van der Waals surface area contributed by atoms with E-state index in [9.17, 15) is 9.90 Å². The second kappa shape index (κ2) is 5.49. The van der Waals surface area contributed by atoms with Gasteiger partial charge < -0.3 is 15.3 Å². The van der Waals surface area contributed by atoms with Gasteiger partial charge in [0.1, 0.15) is 0 Å². The molecular weight excluding hydrogens is 232 g/mol. The van der Waals surface area contributed by atoms with Crippen LogP contribution in [0, 0.1) is 6.92 Å². The Kier molecular flexibility index (Phi) is 4.48. The number of aromatic nitrogens is 2. The van der Waals surface area contributed by atoms with Crippen LogP contribution in [0.1, 0.15) is 23.0 Å². The molecule has 0 saturated heterocycles. The first-order valence-corrected chi connectivity index (χ1v) is 5.87. The normalized spacial score (nSPS) is 14.6. The van der Waals surface area contributed by atoms with E-state index in [1.54, 1.807) is 18.7 Å². The van der Waals surface area contributed by atoms with E-state index in [2.05, 4.69) is 10.4 Å². The number of hydrogen-bond donors (Lipinski definition) is 2. The van der Waals surface area contributed by atoms with E-state index in [0.717, 1.165) is 5.69 Å². The number of rotatable bonds is 5. The van der Waals surface area contributed by atoms with E-state index in [1.807, 2.05) is 25.9 Å². The fourth-order valence-corrected chi connectivity index (χ4v) is 1.82. The summed E-state index contributed by atoms with van der Waals surface area (Å²) in [6, 6.07) is 0. The number of likely N-dealkylation sites (N-methyl/N-ethyl adjacent to an activating group) is 1. The Balaban J connectivity index is 2.59. The minimum absolute atomic E-state index is 0.207. The van der Waals surface area contributed by atoms with Gasteiger partial charge in [-0.25, -0.2) is 0 Å². The smallest absolute Gasteiger partial charge is 0.254 e. The summed E-state index contributed by atoms with van der Waals surface area (Å²) in [5.41, 5.74) is 0.396. The first kappa shape index (κ1) is 14.7. The van der Waals surface area contributed by atoms with Gasteiger partial charge in [0.05, 0.1) is 17.4 Å². The summed E-state index contributed by atoms with van der Waals surface area (Å²) in [4.78, 5) is 13.8. The van der Waals surface area contributed by atoms with Crippen molar-refractivity contribution in [2.75, 3.05) is 27.2 Å². The standard InChI is InChI=1S/C12H22N4O2/c1-9-10(6-14-16(9)5)11(17)13-7-12(2,18)8-15(3)4/h6,18H,7-8H2,1-5H3,(H,13,17).